The second kappa shape index (κ2) is 7.56. The Labute approximate surface area is 153 Å². The summed E-state index contributed by atoms with van der Waals surface area (Å²) in [5.74, 6) is -0.810. The lowest BCUT2D eigenvalue weighted by atomic mass is 9.89. The summed E-state index contributed by atoms with van der Waals surface area (Å²) in [5, 5.41) is 2.66. The molecular formula is C20H24N4O2. The van der Waals surface area contributed by atoms with Crippen molar-refractivity contribution in [1.82, 2.24) is 9.88 Å². The largest absolute Gasteiger partial charge is 0.399 e. The van der Waals surface area contributed by atoms with Gasteiger partial charge in [-0.1, -0.05) is 19.1 Å². The molecular weight excluding hydrogens is 328 g/mol. The molecule has 2 atom stereocenters. The van der Waals surface area contributed by atoms with Crippen LogP contribution in [0.4, 0.5) is 11.4 Å². The van der Waals surface area contributed by atoms with E-state index < -0.39 is 11.8 Å². The van der Waals surface area contributed by atoms with Crippen LogP contribution < -0.4 is 11.1 Å². The van der Waals surface area contributed by atoms with E-state index in [-0.39, 0.29) is 6.04 Å². The second-order valence-corrected chi connectivity index (χ2v) is 7.03. The van der Waals surface area contributed by atoms with E-state index in [1.54, 1.807) is 17.2 Å². The zero-order valence-electron chi connectivity index (χ0n) is 15.1. The van der Waals surface area contributed by atoms with Crippen LogP contribution in [0.2, 0.25) is 0 Å². The maximum absolute atomic E-state index is 12.9. The van der Waals surface area contributed by atoms with E-state index in [1.807, 2.05) is 31.2 Å². The highest BCUT2D eigenvalue weighted by atomic mass is 16.2. The number of pyridine rings is 1. The summed E-state index contributed by atoms with van der Waals surface area (Å²) < 4.78 is 0. The maximum atomic E-state index is 12.9. The first-order chi connectivity index (χ1) is 12.4. The minimum absolute atomic E-state index is 0.136. The summed E-state index contributed by atoms with van der Waals surface area (Å²) in [6, 6.07) is 9.18. The number of hydrogen-bond acceptors (Lipinski definition) is 4. The van der Waals surface area contributed by atoms with Gasteiger partial charge in [0.05, 0.1) is 17.9 Å². The van der Waals surface area contributed by atoms with Gasteiger partial charge in [0.15, 0.2) is 0 Å². The highest BCUT2D eigenvalue weighted by molar-refractivity contribution is 6.39. The molecule has 6 heteroatoms. The van der Waals surface area contributed by atoms with Gasteiger partial charge >= 0.3 is 11.8 Å². The molecule has 3 rings (SSSR count). The third-order valence-corrected chi connectivity index (χ3v) is 4.70. The van der Waals surface area contributed by atoms with Gasteiger partial charge in [0.1, 0.15) is 0 Å². The quantitative estimate of drug-likeness (QED) is 0.642. The number of carbonyl (C=O) groups excluding carboxylic acids is 2. The standard InChI is InChI=1S/C20H24N4O2/c1-13-6-7-18(15-4-3-5-16(21)9-15)24(12-13)20(26)19(25)23-17-8-14(2)10-22-11-17/h3-5,8-11,13,18H,6-7,12,21H2,1-2H3,(H,23,25)/t13-,18+/m1/s1. The molecule has 2 aromatic rings. The molecule has 6 nitrogen and oxygen atoms in total. The number of nitrogens with zero attached hydrogens (tertiary/aromatic N) is 2. The van der Waals surface area contributed by atoms with Gasteiger partial charge < -0.3 is 16.0 Å². The van der Waals surface area contributed by atoms with Gasteiger partial charge in [-0.15, -0.1) is 0 Å². The van der Waals surface area contributed by atoms with Crippen molar-refractivity contribution < 1.29 is 9.59 Å². The molecule has 3 N–H and O–H groups in total. The van der Waals surface area contributed by atoms with Crippen LogP contribution in [-0.2, 0) is 9.59 Å². The first-order valence-corrected chi connectivity index (χ1v) is 8.83. The van der Waals surface area contributed by atoms with E-state index in [1.165, 1.54) is 6.20 Å². The normalized spacial score (nSPS) is 19.8. The number of benzene rings is 1. The van der Waals surface area contributed by atoms with Crippen LogP contribution in [0, 0.1) is 12.8 Å². The van der Waals surface area contributed by atoms with Crippen LogP contribution in [-0.4, -0.2) is 28.2 Å². The highest BCUT2D eigenvalue weighted by Crippen LogP contribution is 2.34. The highest BCUT2D eigenvalue weighted by Gasteiger charge is 2.34. The summed E-state index contributed by atoms with van der Waals surface area (Å²) in [4.78, 5) is 31.1. The molecule has 0 radical (unpaired) electrons. The average molecular weight is 352 g/mol. The molecule has 136 valence electrons. The van der Waals surface area contributed by atoms with E-state index in [0.29, 0.717) is 23.8 Å². The zero-order chi connectivity index (χ0) is 18.7. The SMILES string of the molecule is Cc1cncc(NC(=O)C(=O)N2C[C@H](C)CC[C@H]2c2cccc(N)c2)c1. The van der Waals surface area contributed by atoms with Crippen LogP contribution >= 0.6 is 0 Å². The summed E-state index contributed by atoms with van der Waals surface area (Å²) in [5.41, 5.74) is 8.96. The molecule has 1 aliphatic rings. The van der Waals surface area contributed by atoms with E-state index in [4.69, 9.17) is 5.73 Å². The van der Waals surface area contributed by atoms with Gasteiger partial charge in [-0.3, -0.25) is 14.6 Å². The number of nitrogens with two attached hydrogens (primary N) is 1. The van der Waals surface area contributed by atoms with Crippen LogP contribution in [0.5, 0.6) is 0 Å². The molecule has 0 saturated carbocycles. The molecule has 2 heterocycles. The Hall–Kier alpha value is -2.89. The fourth-order valence-corrected chi connectivity index (χ4v) is 3.43. The summed E-state index contributed by atoms with van der Waals surface area (Å²) in [7, 11) is 0. The fraction of sp³-hybridized carbons (Fsp3) is 0.350. The second-order valence-electron chi connectivity index (χ2n) is 7.03. The van der Waals surface area contributed by atoms with Crippen molar-refractivity contribution in [3.63, 3.8) is 0 Å². The molecule has 1 saturated heterocycles. The van der Waals surface area contributed by atoms with Gasteiger partial charge in [-0.2, -0.15) is 0 Å². The van der Waals surface area contributed by atoms with Gasteiger partial charge in [-0.25, -0.2) is 0 Å². The number of anilines is 2. The number of rotatable bonds is 2. The lowest BCUT2D eigenvalue weighted by Gasteiger charge is -2.38. The molecule has 0 aliphatic carbocycles. The summed E-state index contributed by atoms with van der Waals surface area (Å²) >= 11 is 0. The van der Waals surface area contributed by atoms with E-state index >= 15 is 0 Å². The minimum Gasteiger partial charge on any atom is -0.399 e. The number of carbonyl (C=O) groups is 2. The van der Waals surface area contributed by atoms with Crippen molar-refractivity contribution in [2.24, 2.45) is 5.92 Å². The number of nitrogens with one attached hydrogen (secondary N) is 1. The predicted octanol–water partition coefficient (Wildman–Crippen LogP) is 2.91. The molecule has 0 unspecified atom stereocenters. The summed E-state index contributed by atoms with van der Waals surface area (Å²) in [6.45, 7) is 4.53. The van der Waals surface area contributed by atoms with Crippen LogP contribution in [0.25, 0.3) is 0 Å². The van der Waals surface area contributed by atoms with Crippen molar-refractivity contribution in [2.75, 3.05) is 17.6 Å². The van der Waals surface area contributed by atoms with Gasteiger partial charge in [0.25, 0.3) is 0 Å². The number of piperidine rings is 1. The van der Waals surface area contributed by atoms with Gasteiger partial charge in [0, 0.05) is 18.4 Å². The monoisotopic (exact) mass is 352 g/mol. The Morgan fingerprint density at radius 2 is 2.04 bits per heavy atom. The first kappa shape index (κ1) is 17.9. The third-order valence-electron chi connectivity index (χ3n) is 4.70. The topological polar surface area (TPSA) is 88.3 Å². The van der Waals surface area contributed by atoms with Crippen molar-refractivity contribution in [1.29, 1.82) is 0 Å². The predicted molar refractivity (Wildman–Crippen MR) is 101 cm³/mol. The Kier molecular flexibility index (Phi) is 5.21. The van der Waals surface area contributed by atoms with Gasteiger partial charge in [-0.05, 0) is 55.0 Å². The number of nitrogen functional groups attached to an aromatic ring is 1. The Morgan fingerprint density at radius 3 is 2.77 bits per heavy atom. The lowest BCUT2D eigenvalue weighted by molar-refractivity contribution is -0.146. The van der Waals surface area contributed by atoms with Crippen molar-refractivity contribution in [3.8, 4) is 0 Å². The van der Waals surface area contributed by atoms with Crippen LogP contribution in [0.3, 0.4) is 0 Å². The first-order valence-electron chi connectivity index (χ1n) is 8.83. The minimum atomic E-state index is -0.639. The van der Waals surface area contributed by atoms with E-state index in [9.17, 15) is 9.59 Å². The maximum Gasteiger partial charge on any atom is 0.313 e. The third kappa shape index (κ3) is 4.02. The molecule has 1 aliphatic heterocycles. The Balaban J connectivity index is 1.80. The number of amides is 2. The van der Waals surface area contributed by atoms with E-state index in [0.717, 1.165) is 24.0 Å². The molecule has 0 spiro atoms. The molecule has 1 fully saturated rings. The fourth-order valence-electron chi connectivity index (χ4n) is 3.43. The zero-order valence-corrected chi connectivity index (χ0v) is 15.1. The van der Waals surface area contributed by atoms with Crippen molar-refractivity contribution in [2.45, 2.75) is 32.7 Å². The smallest absolute Gasteiger partial charge is 0.313 e. The molecule has 0 bridgehead atoms. The molecule has 2 amide bonds. The number of likely N-dealkylation sites (tertiary alicyclic amines) is 1. The lowest BCUT2D eigenvalue weighted by Crippen LogP contribution is -2.46. The number of aromatic nitrogens is 1. The van der Waals surface area contributed by atoms with Crippen LogP contribution in [0.1, 0.15) is 36.9 Å². The average Bonchev–Trinajstić information content (AvgIpc) is 2.61. The molecule has 1 aromatic heterocycles. The summed E-state index contributed by atoms with van der Waals surface area (Å²) in [6.07, 6.45) is 5.05. The number of hydrogen-bond donors (Lipinski definition) is 2. The van der Waals surface area contributed by atoms with E-state index in [2.05, 4.69) is 17.2 Å². The number of aryl methyl sites for hydroxylation is 1. The van der Waals surface area contributed by atoms with Crippen molar-refractivity contribution >= 4 is 23.2 Å². The Bertz CT molecular complexity index is 821. The molecule has 26 heavy (non-hydrogen) atoms. The van der Waals surface area contributed by atoms with Crippen LogP contribution in [0.15, 0.2) is 42.7 Å². The van der Waals surface area contributed by atoms with Crippen molar-refractivity contribution in [3.05, 3.63) is 53.9 Å². The Morgan fingerprint density at radius 1 is 1.23 bits per heavy atom. The van der Waals surface area contributed by atoms with Gasteiger partial charge in [0.2, 0.25) is 0 Å². The molecule has 1 aromatic carbocycles.